The van der Waals surface area contributed by atoms with Crippen molar-refractivity contribution in [2.45, 2.75) is 6.42 Å². The van der Waals surface area contributed by atoms with Gasteiger partial charge >= 0.3 is 0 Å². The Morgan fingerprint density at radius 1 is 1.28 bits per heavy atom. The molecule has 0 aliphatic carbocycles. The number of nitrogens with one attached hydrogen (secondary N) is 1. The molecule has 1 aromatic carbocycles. The van der Waals surface area contributed by atoms with E-state index < -0.39 is 0 Å². The summed E-state index contributed by atoms with van der Waals surface area (Å²) in [4.78, 5) is 11.2. The fourth-order valence-electron chi connectivity index (χ4n) is 1.92. The maximum absolute atomic E-state index is 13.1. The molecule has 0 bridgehead atoms. The maximum atomic E-state index is 13.1. The van der Waals surface area contributed by atoms with Gasteiger partial charge in [-0.15, -0.1) is 0 Å². The van der Waals surface area contributed by atoms with E-state index in [1.807, 2.05) is 6.07 Å². The van der Waals surface area contributed by atoms with Crippen LogP contribution >= 0.6 is 0 Å². The second-order valence-corrected chi connectivity index (χ2v) is 4.06. The molecule has 0 atom stereocenters. The lowest BCUT2D eigenvalue weighted by Gasteiger charge is -2.00. The SMILES string of the molecule is O=c1ccn2c(Cc3cccc(F)c3)n[nH]c2c1. The van der Waals surface area contributed by atoms with Crippen molar-refractivity contribution in [3.8, 4) is 0 Å². The smallest absolute Gasteiger partial charge is 0.183 e. The lowest BCUT2D eigenvalue weighted by Crippen LogP contribution is -2.01. The van der Waals surface area contributed by atoms with Gasteiger partial charge in [0.05, 0.1) is 0 Å². The largest absolute Gasteiger partial charge is 0.290 e. The quantitative estimate of drug-likeness (QED) is 0.745. The van der Waals surface area contributed by atoms with Gasteiger partial charge in [-0.2, -0.15) is 5.10 Å². The first kappa shape index (κ1) is 10.7. The Labute approximate surface area is 102 Å². The number of pyridine rings is 1. The van der Waals surface area contributed by atoms with Crippen LogP contribution in [0.5, 0.6) is 0 Å². The summed E-state index contributed by atoms with van der Waals surface area (Å²) in [6, 6.07) is 9.33. The van der Waals surface area contributed by atoms with Gasteiger partial charge in [0.25, 0.3) is 0 Å². The van der Waals surface area contributed by atoms with Crippen molar-refractivity contribution in [1.82, 2.24) is 14.6 Å². The van der Waals surface area contributed by atoms with Gasteiger partial charge < -0.3 is 0 Å². The maximum Gasteiger partial charge on any atom is 0.183 e. The first-order valence-corrected chi connectivity index (χ1v) is 5.52. The molecule has 18 heavy (non-hydrogen) atoms. The number of benzene rings is 1. The number of nitrogens with zero attached hydrogens (tertiary/aromatic N) is 2. The molecule has 0 spiro atoms. The minimum absolute atomic E-state index is 0.0732. The van der Waals surface area contributed by atoms with E-state index in [2.05, 4.69) is 10.2 Å². The second-order valence-electron chi connectivity index (χ2n) is 4.06. The monoisotopic (exact) mass is 243 g/mol. The summed E-state index contributed by atoms with van der Waals surface area (Å²) in [7, 11) is 0. The van der Waals surface area contributed by atoms with Crippen LogP contribution in [-0.4, -0.2) is 14.6 Å². The summed E-state index contributed by atoms with van der Waals surface area (Å²) in [6.07, 6.45) is 2.16. The van der Waals surface area contributed by atoms with Crippen LogP contribution in [0.25, 0.3) is 5.65 Å². The van der Waals surface area contributed by atoms with Crippen molar-refractivity contribution >= 4 is 5.65 Å². The number of aromatic nitrogens is 3. The van der Waals surface area contributed by atoms with E-state index in [-0.39, 0.29) is 11.2 Å². The molecule has 0 aliphatic rings. The van der Waals surface area contributed by atoms with E-state index in [9.17, 15) is 9.18 Å². The molecule has 2 aromatic heterocycles. The zero-order chi connectivity index (χ0) is 12.5. The average molecular weight is 243 g/mol. The van der Waals surface area contributed by atoms with Crippen LogP contribution in [-0.2, 0) is 6.42 Å². The Morgan fingerprint density at radius 3 is 3.00 bits per heavy atom. The zero-order valence-electron chi connectivity index (χ0n) is 9.43. The lowest BCUT2D eigenvalue weighted by atomic mass is 10.1. The molecule has 4 nitrogen and oxygen atoms in total. The fraction of sp³-hybridized carbons (Fsp3) is 0.0769. The Balaban J connectivity index is 2.03. The molecule has 0 fully saturated rings. The molecule has 0 saturated heterocycles. The van der Waals surface area contributed by atoms with Crippen molar-refractivity contribution in [2.24, 2.45) is 0 Å². The van der Waals surface area contributed by atoms with Crippen LogP contribution in [0.2, 0.25) is 0 Å². The Hall–Kier alpha value is -2.43. The summed E-state index contributed by atoms with van der Waals surface area (Å²) in [5, 5.41) is 6.92. The summed E-state index contributed by atoms with van der Waals surface area (Å²) in [5.41, 5.74) is 1.40. The highest BCUT2D eigenvalue weighted by Crippen LogP contribution is 2.10. The highest BCUT2D eigenvalue weighted by Gasteiger charge is 2.05. The van der Waals surface area contributed by atoms with Gasteiger partial charge in [-0.3, -0.25) is 14.3 Å². The number of aromatic amines is 1. The number of halogens is 1. The van der Waals surface area contributed by atoms with Crippen LogP contribution in [0.15, 0.2) is 47.4 Å². The third kappa shape index (κ3) is 1.90. The minimum Gasteiger partial charge on any atom is -0.290 e. The van der Waals surface area contributed by atoms with Gasteiger partial charge in [-0.25, -0.2) is 4.39 Å². The van der Waals surface area contributed by atoms with Crippen LogP contribution < -0.4 is 5.43 Å². The number of fused-ring (bicyclic) bond motifs is 1. The predicted molar refractivity (Wildman–Crippen MR) is 65.0 cm³/mol. The highest BCUT2D eigenvalue weighted by molar-refractivity contribution is 5.38. The molecule has 2 heterocycles. The molecule has 3 aromatic rings. The van der Waals surface area contributed by atoms with Gasteiger partial charge in [0.1, 0.15) is 17.3 Å². The van der Waals surface area contributed by atoms with Crippen molar-refractivity contribution in [3.05, 3.63) is 70.0 Å². The van der Waals surface area contributed by atoms with Gasteiger partial charge in [-0.05, 0) is 17.7 Å². The van der Waals surface area contributed by atoms with Crippen LogP contribution in [0, 0.1) is 5.82 Å². The molecule has 5 heteroatoms. The van der Waals surface area contributed by atoms with E-state index in [1.54, 1.807) is 16.7 Å². The van der Waals surface area contributed by atoms with E-state index in [0.717, 1.165) is 11.4 Å². The molecule has 0 unspecified atom stereocenters. The van der Waals surface area contributed by atoms with Gasteiger partial charge in [0, 0.05) is 24.8 Å². The van der Waals surface area contributed by atoms with Crippen molar-refractivity contribution < 1.29 is 4.39 Å². The Kier molecular flexibility index (Phi) is 2.44. The fourth-order valence-corrected chi connectivity index (χ4v) is 1.92. The zero-order valence-corrected chi connectivity index (χ0v) is 9.43. The Bertz CT molecular complexity index is 760. The summed E-state index contributed by atoms with van der Waals surface area (Å²) in [5.74, 6) is 0.467. The molecule has 0 radical (unpaired) electrons. The van der Waals surface area contributed by atoms with Gasteiger partial charge in [-0.1, -0.05) is 12.1 Å². The van der Waals surface area contributed by atoms with Crippen LogP contribution in [0.1, 0.15) is 11.4 Å². The van der Waals surface area contributed by atoms with Crippen molar-refractivity contribution in [1.29, 1.82) is 0 Å². The van der Waals surface area contributed by atoms with Gasteiger partial charge in [0.2, 0.25) is 0 Å². The first-order valence-electron chi connectivity index (χ1n) is 5.52. The molecule has 0 aliphatic heterocycles. The number of hydrogen-bond acceptors (Lipinski definition) is 2. The lowest BCUT2D eigenvalue weighted by molar-refractivity contribution is 0.625. The molecule has 0 saturated carbocycles. The molecule has 90 valence electrons. The van der Waals surface area contributed by atoms with E-state index in [0.29, 0.717) is 12.1 Å². The van der Waals surface area contributed by atoms with E-state index >= 15 is 0 Å². The number of rotatable bonds is 2. The molecule has 0 amide bonds. The summed E-state index contributed by atoms with van der Waals surface area (Å²) < 4.78 is 14.9. The van der Waals surface area contributed by atoms with Crippen LogP contribution in [0.4, 0.5) is 4.39 Å². The summed E-state index contributed by atoms with van der Waals surface area (Å²) in [6.45, 7) is 0. The molecular formula is C13H10FN3O. The third-order valence-corrected chi connectivity index (χ3v) is 2.76. The molecule has 1 N–H and O–H groups in total. The topological polar surface area (TPSA) is 50.2 Å². The Morgan fingerprint density at radius 2 is 2.17 bits per heavy atom. The molecule has 3 rings (SSSR count). The average Bonchev–Trinajstić information content (AvgIpc) is 2.72. The second kappa shape index (κ2) is 4.10. The normalized spacial score (nSPS) is 10.9. The number of hydrogen-bond donors (Lipinski definition) is 1. The standard InChI is InChI=1S/C13H10FN3O/c14-10-3-1-2-9(6-10)7-12-15-16-13-8-11(18)4-5-17(12)13/h1-6,8,16H,7H2. The predicted octanol–water partition coefficient (Wildman–Crippen LogP) is 1.75. The van der Waals surface area contributed by atoms with Crippen molar-refractivity contribution in [3.63, 3.8) is 0 Å². The van der Waals surface area contributed by atoms with Gasteiger partial charge in [0.15, 0.2) is 5.43 Å². The first-order chi connectivity index (χ1) is 8.72. The number of H-pyrrole nitrogens is 1. The minimum atomic E-state index is -0.265. The van der Waals surface area contributed by atoms with E-state index in [4.69, 9.17) is 0 Å². The van der Waals surface area contributed by atoms with Crippen molar-refractivity contribution in [2.75, 3.05) is 0 Å². The highest BCUT2D eigenvalue weighted by atomic mass is 19.1. The van der Waals surface area contributed by atoms with Crippen LogP contribution in [0.3, 0.4) is 0 Å². The molecular weight excluding hydrogens is 233 g/mol. The summed E-state index contributed by atoms with van der Waals surface area (Å²) >= 11 is 0. The third-order valence-electron chi connectivity index (χ3n) is 2.76. The van der Waals surface area contributed by atoms with E-state index in [1.165, 1.54) is 24.3 Å².